The third-order valence-corrected chi connectivity index (χ3v) is 6.82. The maximum absolute atomic E-state index is 12.9. The number of benzene rings is 2. The van der Waals surface area contributed by atoms with E-state index in [-0.39, 0.29) is 10.8 Å². The lowest BCUT2D eigenvalue weighted by Crippen LogP contribution is -2.32. The molecule has 0 saturated heterocycles. The zero-order valence-corrected chi connectivity index (χ0v) is 15.8. The summed E-state index contributed by atoms with van der Waals surface area (Å²) in [7, 11) is 0. The first-order valence-corrected chi connectivity index (χ1v) is 9.45. The summed E-state index contributed by atoms with van der Waals surface area (Å²) in [5.41, 5.74) is 3.13. The molecular weight excluding hydrogens is 320 g/mol. The van der Waals surface area contributed by atoms with Gasteiger partial charge in [0.2, 0.25) is 0 Å². The number of para-hydroxylation sites is 1. The summed E-state index contributed by atoms with van der Waals surface area (Å²) in [4.78, 5) is 12.9. The summed E-state index contributed by atoms with van der Waals surface area (Å²) >= 11 is 0. The van der Waals surface area contributed by atoms with Gasteiger partial charge in [0.15, 0.2) is 5.78 Å². The molecule has 26 heavy (non-hydrogen) atoms. The smallest absolute Gasteiger partial charge is 0.165 e. The number of ether oxygens (including phenoxy) is 1. The number of hydrogen-bond acceptors (Lipinski definition) is 2. The van der Waals surface area contributed by atoms with Crippen LogP contribution in [0.1, 0.15) is 44.7 Å². The Morgan fingerprint density at radius 1 is 1.04 bits per heavy atom. The maximum Gasteiger partial charge on any atom is 0.165 e. The lowest BCUT2D eigenvalue weighted by molar-refractivity contribution is -0.125. The van der Waals surface area contributed by atoms with Crippen molar-refractivity contribution in [1.82, 2.24) is 0 Å². The molecule has 2 atom stereocenters. The van der Waals surface area contributed by atoms with Crippen molar-refractivity contribution in [2.24, 2.45) is 16.7 Å². The van der Waals surface area contributed by atoms with Gasteiger partial charge in [-0.25, -0.2) is 0 Å². The highest BCUT2D eigenvalue weighted by Gasteiger charge is 2.63. The molecule has 2 bridgehead atoms. The van der Waals surface area contributed by atoms with Crippen LogP contribution in [0.25, 0.3) is 6.08 Å². The minimum Gasteiger partial charge on any atom is -0.489 e. The lowest BCUT2D eigenvalue weighted by atomic mass is 9.70. The predicted molar refractivity (Wildman–Crippen MR) is 105 cm³/mol. The van der Waals surface area contributed by atoms with Crippen molar-refractivity contribution in [3.8, 4) is 5.75 Å². The van der Waals surface area contributed by atoms with E-state index < -0.39 is 0 Å². The molecule has 0 amide bonds. The second-order valence-corrected chi connectivity index (χ2v) is 8.42. The molecule has 2 fully saturated rings. The molecule has 2 heteroatoms. The molecule has 0 aromatic heterocycles. The van der Waals surface area contributed by atoms with Crippen LogP contribution in [-0.4, -0.2) is 5.78 Å². The Hall–Kier alpha value is -2.35. The topological polar surface area (TPSA) is 26.3 Å². The summed E-state index contributed by atoms with van der Waals surface area (Å²) in [6.07, 6.45) is 4.27. The number of ketones is 1. The Morgan fingerprint density at radius 3 is 2.35 bits per heavy atom. The summed E-state index contributed by atoms with van der Waals surface area (Å²) < 4.78 is 5.79. The largest absolute Gasteiger partial charge is 0.489 e. The van der Waals surface area contributed by atoms with Gasteiger partial charge in [0.05, 0.1) is 0 Å². The number of allylic oxidation sites excluding steroid dienone is 1. The zero-order valence-electron chi connectivity index (χ0n) is 15.8. The molecule has 2 saturated carbocycles. The average molecular weight is 346 g/mol. The van der Waals surface area contributed by atoms with E-state index in [2.05, 4.69) is 51.1 Å². The minimum atomic E-state index is -0.188. The normalized spacial score (nSPS) is 27.9. The third kappa shape index (κ3) is 2.59. The van der Waals surface area contributed by atoms with Gasteiger partial charge in [-0.3, -0.25) is 4.79 Å². The molecule has 134 valence electrons. The SMILES string of the molecule is CC12CCC(/C(=C/c3ccc(COc4ccccc4)cc3)C1=O)C2(C)C. The Bertz CT molecular complexity index is 846. The summed E-state index contributed by atoms with van der Waals surface area (Å²) in [5, 5.41) is 0. The van der Waals surface area contributed by atoms with E-state index in [1.54, 1.807) is 0 Å². The number of fused-ring (bicyclic) bond motifs is 2. The molecule has 2 aromatic carbocycles. The van der Waals surface area contributed by atoms with Crippen LogP contribution in [0, 0.1) is 16.7 Å². The van der Waals surface area contributed by atoms with Gasteiger partial charge >= 0.3 is 0 Å². The van der Waals surface area contributed by atoms with Crippen molar-refractivity contribution in [2.75, 3.05) is 0 Å². The molecule has 2 aliphatic rings. The number of carbonyl (C=O) groups excluding carboxylic acids is 1. The van der Waals surface area contributed by atoms with Crippen molar-refractivity contribution in [1.29, 1.82) is 0 Å². The fraction of sp³-hybridized carbons (Fsp3) is 0.375. The second-order valence-electron chi connectivity index (χ2n) is 8.42. The molecule has 2 unspecified atom stereocenters. The van der Waals surface area contributed by atoms with Crippen molar-refractivity contribution in [2.45, 2.75) is 40.2 Å². The van der Waals surface area contributed by atoms with Crippen molar-refractivity contribution >= 4 is 11.9 Å². The Balaban J connectivity index is 1.50. The van der Waals surface area contributed by atoms with Crippen LogP contribution in [0.3, 0.4) is 0 Å². The van der Waals surface area contributed by atoms with Gasteiger partial charge in [0.25, 0.3) is 0 Å². The molecule has 2 aliphatic carbocycles. The van der Waals surface area contributed by atoms with Crippen molar-refractivity contribution < 1.29 is 9.53 Å². The summed E-state index contributed by atoms with van der Waals surface area (Å²) in [6, 6.07) is 18.2. The Kier molecular flexibility index (Phi) is 4.02. The minimum absolute atomic E-state index is 0.0688. The molecule has 0 heterocycles. The highest BCUT2D eigenvalue weighted by atomic mass is 16.5. The van der Waals surface area contributed by atoms with Gasteiger partial charge in [-0.05, 0) is 59.1 Å². The quantitative estimate of drug-likeness (QED) is 0.666. The van der Waals surface area contributed by atoms with E-state index in [0.29, 0.717) is 18.3 Å². The highest BCUT2D eigenvalue weighted by Crippen LogP contribution is 2.65. The van der Waals surface area contributed by atoms with E-state index in [1.165, 1.54) is 0 Å². The first-order chi connectivity index (χ1) is 12.4. The molecular formula is C24H26O2. The molecule has 0 spiro atoms. The fourth-order valence-electron chi connectivity index (χ4n) is 4.67. The van der Waals surface area contributed by atoms with Gasteiger partial charge < -0.3 is 4.74 Å². The molecule has 4 rings (SSSR count). The van der Waals surface area contributed by atoms with E-state index in [9.17, 15) is 4.79 Å². The third-order valence-electron chi connectivity index (χ3n) is 6.82. The van der Waals surface area contributed by atoms with Gasteiger partial charge in [0.1, 0.15) is 12.4 Å². The first kappa shape index (κ1) is 17.1. The van der Waals surface area contributed by atoms with Crippen molar-refractivity contribution in [3.63, 3.8) is 0 Å². The lowest BCUT2D eigenvalue weighted by Gasteiger charge is -2.31. The van der Waals surface area contributed by atoms with E-state index >= 15 is 0 Å². The van der Waals surface area contributed by atoms with Crippen molar-refractivity contribution in [3.05, 3.63) is 71.3 Å². The zero-order chi connectivity index (χ0) is 18.4. The maximum atomic E-state index is 12.9. The van der Waals surface area contributed by atoms with Crippen LogP contribution >= 0.6 is 0 Å². The summed E-state index contributed by atoms with van der Waals surface area (Å²) in [5.74, 6) is 1.62. The van der Waals surface area contributed by atoms with E-state index in [1.807, 2.05) is 30.3 Å². The standard InChI is InChI=1S/C24H26O2/c1-23(2)21-13-14-24(23,3)22(25)20(21)15-17-9-11-18(12-10-17)16-26-19-7-5-4-6-8-19/h4-12,15,21H,13-14,16H2,1-3H3/b20-15-. The van der Waals surface area contributed by atoms with E-state index in [4.69, 9.17) is 4.74 Å². The van der Waals surface area contributed by atoms with Crippen LogP contribution in [-0.2, 0) is 11.4 Å². The molecule has 0 radical (unpaired) electrons. The van der Waals surface area contributed by atoms with Crippen LogP contribution in [0.5, 0.6) is 5.75 Å². The molecule has 0 N–H and O–H groups in total. The number of rotatable bonds is 4. The van der Waals surface area contributed by atoms with Gasteiger partial charge in [-0.1, -0.05) is 63.2 Å². The highest BCUT2D eigenvalue weighted by molar-refractivity contribution is 6.07. The van der Waals surface area contributed by atoms with Gasteiger partial charge in [-0.15, -0.1) is 0 Å². The van der Waals surface area contributed by atoms with Gasteiger partial charge in [0, 0.05) is 5.41 Å². The summed E-state index contributed by atoms with van der Waals surface area (Å²) in [6.45, 7) is 7.22. The monoisotopic (exact) mass is 346 g/mol. The molecule has 0 aliphatic heterocycles. The Morgan fingerprint density at radius 2 is 1.73 bits per heavy atom. The number of carbonyl (C=O) groups is 1. The van der Waals surface area contributed by atoms with Crippen LogP contribution < -0.4 is 4.74 Å². The number of hydrogen-bond donors (Lipinski definition) is 0. The average Bonchev–Trinajstić information content (AvgIpc) is 2.96. The second kappa shape index (κ2) is 6.12. The predicted octanol–water partition coefficient (Wildman–Crippen LogP) is 5.67. The van der Waals surface area contributed by atoms with Crippen LogP contribution in [0.4, 0.5) is 0 Å². The molecule has 2 aromatic rings. The fourth-order valence-corrected chi connectivity index (χ4v) is 4.67. The molecule has 2 nitrogen and oxygen atoms in total. The van der Waals surface area contributed by atoms with Crippen LogP contribution in [0.2, 0.25) is 0 Å². The number of Topliss-reactive ketones (excluding diaryl/α,β-unsaturated/α-hetero) is 1. The first-order valence-electron chi connectivity index (χ1n) is 9.45. The van der Waals surface area contributed by atoms with Crippen LogP contribution in [0.15, 0.2) is 60.2 Å². The Labute approximate surface area is 155 Å². The van der Waals surface area contributed by atoms with Gasteiger partial charge in [-0.2, -0.15) is 0 Å². The van der Waals surface area contributed by atoms with E-state index in [0.717, 1.165) is 35.3 Å².